The minimum atomic E-state index is 0.338. The normalized spacial score (nSPS) is 15.4. The Bertz CT molecular complexity index is 902. The van der Waals surface area contributed by atoms with E-state index in [2.05, 4.69) is 49.0 Å². The number of aromatic nitrogens is 5. The number of pyridine rings is 1. The molecule has 0 saturated carbocycles. The summed E-state index contributed by atoms with van der Waals surface area (Å²) < 4.78 is 7.53. The van der Waals surface area contributed by atoms with Gasteiger partial charge in [-0.1, -0.05) is 0 Å². The van der Waals surface area contributed by atoms with E-state index in [4.69, 9.17) is 4.74 Å². The monoisotopic (exact) mass is 367 g/mol. The highest BCUT2D eigenvalue weighted by Crippen LogP contribution is 2.21. The number of ether oxygens (including phenoxy) is 1. The van der Waals surface area contributed by atoms with Crippen LogP contribution in [0.4, 0.5) is 17.6 Å². The van der Waals surface area contributed by atoms with Gasteiger partial charge in [-0.25, -0.2) is 15.0 Å². The van der Waals surface area contributed by atoms with Crippen LogP contribution in [0.5, 0.6) is 0 Å². The van der Waals surface area contributed by atoms with E-state index in [1.165, 1.54) is 0 Å². The van der Waals surface area contributed by atoms with Gasteiger partial charge in [-0.15, -0.1) is 0 Å². The Balaban J connectivity index is 1.46. The molecule has 1 aliphatic heterocycles. The van der Waals surface area contributed by atoms with Crippen molar-refractivity contribution < 1.29 is 4.74 Å². The van der Waals surface area contributed by atoms with Gasteiger partial charge in [0.25, 0.3) is 0 Å². The second-order valence-corrected chi connectivity index (χ2v) is 7.13. The molecule has 1 fully saturated rings. The van der Waals surface area contributed by atoms with Crippen molar-refractivity contribution >= 4 is 28.6 Å². The minimum Gasteiger partial charge on any atom is -0.381 e. The minimum absolute atomic E-state index is 0.338. The molecule has 0 spiro atoms. The topological polar surface area (TPSA) is 89.8 Å². The largest absolute Gasteiger partial charge is 0.381 e. The van der Waals surface area contributed by atoms with Crippen molar-refractivity contribution in [2.24, 2.45) is 5.92 Å². The van der Waals surface area contributed by atoms with Crippen molar-refractivity contribution in [1.82, 2.24) is 24.5 Å². The molecule has 0 amide bonds. The van der Waals surface area contributed by atoms with Gasteiger partial charge < -0.3 is 19.9 Å². The van der Waals surface area contributed by atoms with Crippen LogP contribution in [0.2, 0.25) is 0 Å². The van der Waals surface area contributed by atoms with Crippen molar-refractivity contribution in [3.05, 3.63) is 30.9 Å². The van der Waals surface area contributed by atoms with Crippen LogP contribution < -0.4 is 10.6 Å². The van der Waals surface area contributed by atoms with E-state index in [0.717, 1.165) is 49.5 Å². The Labute approximate surface area is 158 Å². The first-order valence-corrected chi connectivity index (χ1v) is 9.43. The molecule has 4 heterocycles. The van der Waals surface area contributed by atoms with Crippen LogP contribution in [0.25, 0.3) is 11.0 Å². The zero-order chi connectivity index (χ0) is 18.6. The molecule has 8 heteroatoms. The fourth-order valence-electron chi connectivity index (χ4n) is 3.24. The highest BCUT2D eigenvalue weighted by molar-refractivity contribution is 5.78. The van der Waals surface area contributed by atoms with Crippen molar-refractivity contribution in [2.45, 2.75) is 32.7 Å². The summed E-state index contributed by atoms with van der Waals surface area (Å²) in [6, 6.07) is 4.18. The average molecular weight is 367 g/mol. The quantitative estimate of drug-likeness (QED) is 0.690. The molecular weight excluding hydrogens is 342 g/mol. The fraction of sp³-hybridized carbons (Fsp3) is 0.474. The molecular formula is C19H25N7O. The van der Waals surface area contributed by atoms with Crippen molar-refractivity contribution in [3.8, 4) is 0 Å². The first-order valence-electron chi connectivity index (χ1n) is 9.43. The van der Waals surface area contributed by atoms with E-state index in [1.807, 2.05) is 18.5 Å². The lowest BCUT2D eigenvalue weighted by molar-refractivity contribution is 0.0699. The van der Waals surface area contributed by atoms with Gasteiger partial charge in [-0.3, -0.25) is 0 Å². The van der Waals surface area contributed by atoms with E-state index < -0.39 is 0 Å². The second-order valence-electron chi connectivity index (χ2n) is 7.13. The van der Waals surface area contributed by atoms with Gasteiger partial charge in [-0.05, 0) is 38.7 Å². The summed E-state index contributed by atoms with van der Waals surface area (Å²) in [6.07, 6.45) is 7.54. The number of nitrogens with one attached hydrogen (secondary N) is 2. The summed E-state index contributed by atoms with van der Waals surface area (Å²) in [5.41, 5.74) is 1.94. The Morgan fingerprint density at radius 2 is 2.04 bits per heavy atom. The summed E-state index contributed by atoms with van der Waals surface area (Å²) in [6.45, 7) is 6.82. The van der Waals surface area contributed by atoms with Crippen LogP contribution in [-0.2, 0) is 4.74 Å². The lowest BCUT2D eigenvalue weighted by atomic mass is 10.0. The fourth-order valence-corrected chi connectivity index (χ4v) is 3.24. The Morgan fingerprint density at radius 1 is 1.19 bits per heavy atom. The van der Waals surface area contributed by atoms with Crippen LogP contribution in [0.3, 0.4) is 0 Å². The van der Waals surface area contributed by atoms with E-state index in [9.17, 15) is 0 Å². The molecule has 0 bridgehead atoms. The van der Waals surface area contributed by atoms with Crippen LogP contribution in [0.1, 0.15) is 32.7 Å². The standard InChI is InChI=1S/C19H25N7O/c1-13(2)26-12-23-15-11-21-18(9-16(15)26)24-17-3-6-20-19(25-17)22-10-14-4-7-27-8-5-14/h3,6,9,11-14H,4-5,7-8,10H2,1-2H3,(H2,20,21,22,24,25). The Kier molecular flexibility index (Phi) is 5.15. The van der Waals surface area contributed by atoms with Gasteiger partial charge in [0.2, 0.25) is 5.95 Å². The number of hydrogen-bond donors (Lipinski definition) is 2. The number of rotatable bonds is 6. The molecule has 0 aliphatic carbocycles. The van der Waals surface area contributed by atoms with Gasteiger partial charge in [-0.2, -0.15) is 4.98 Å². The van der Waals surface area contributed by atoms with Gasteiger partial charge in [0.1, 0.15) is 17.2 Å². The van der Waals surface area contributed by atoms with Crippen molar-refractivity contribution in [2.75, 3.05) is 30.4 Å². The zero-order valence-corrected chi connectivity index (χ0v) is 15.7. The van der Waals surface area contributed by atoms with Crippen LogP contribution in [-0.4, -0.2) is 44.3 Å². The molecule has 3 aromatic heterocycles. The van der Waals surface area contributed by atoms with Crippen LogP contribution in [0, 0.1) is 5.92 Å². The predicted octanol–water partition coefficient (Wildman–Crippen LogP) is 3.38. The molecule has 27 heavy (non-hydrogen) atoms. The molecule has 0 unspecified atom stereocenters. The van der Waals surface area contributed by atoms with E-state index in [-0.39, 0.29) is 0 Å². The number of imidazole rings is 1. The maximum absolute atomic E-state index is 5.40. The third kappa shape index (κ3) is 4.16. The van der Waals surface area contributed by atoms with Crippen molar-refractivity contribution in [3.63, 3.8) is 0 Å². The highest BCUT2D eigenvalue weighted by atomic mass is 16.5. The Hall–Kier alpha value is -2.74. The zero-order valence-electron chi connectivity index (χ0n) is 15.7. The molecule has 8 nitrogen and oxygen atoms in total. The molecule has 0 atom stereocenters. The summed E-state index contributed by atoms with van der Waals surface area (Å²) >= 11 is 0. The molecule has 1 aliphatic rings. The summed E-state index contributed by atoms with van der Waals surface area (Å²) in [5.74, 6) is 2.68. The van der Waals surface area contributed by atoms with Crippen LogP contribution >= 0.6 is 0 Å². The first-order chi connectivity index (χ1) is 13.2. The summed E-state index contributed by atoms with van der Waals surface area (Å²) in [7, 11) is 0. The van der Waals surface area contributed by atoms with Gasteiger partial charge >= 0.3 is 0 Å². The van der Waals surface area contributed by atoms with E-state index >= 15 is 0 Å². The number of nitrogens with zero attached hydrogens (tertiary/aromatic N) is 5. The third-order valence-corrected chi connectivity index (χ3v) is 4.82. The molecule has 4 rings (SSSR count). The molecule has 1 saturated heterocycles. The number of hydrogen-bond acceptors (Lipinski definition) is 7. The smallest absolute Gasteiger partial charge is 0.224 e. The molecule has 0 radical (unpaired) electrons. The number of anilines is 3. The van der Waals surface area contributed by atoms with E-state index in [0.29, 0.717) is 23.7 Å². The maximum atomic E-state index is 5.40. The lowest BCUT2D eigenvalue weighted by Crippen LogP contribution is -2.23. The second kappa shape index (κ2) is 7.87. The highest BCUT2D eigenvalue weighted by Gasteiger charge is 2.14. The number of fused-ring (bicyclic) bond motifs is 1. The maximum Gasteiger partial charge on any atom is 0.224 e. The molecule has 142 valence electrons. The average Bonchev–Trinajstić information content (AvgIpc) is 3.11. The lowest BCUT2D eigenvalue weighted by Gasteiger charge is -2.22. The predicted molar refractivity (Wildman–Crippen MR) is 105 cm³/mol. The van der Waals surface area contributed by atoms with Crippen molar-refractivity contribution in [1.29, 1.82) is 0 Å². The first kappa shape index (κ1) is 17.7. The van der Waals surface area contributed by atoms with E-state index in [1.54, 1.807) is 12.4 Å². The SMILES string of the molecule is CC(C)n1cnc2cnc(Nc3ccnc(NCC4CCOCC4)n3)cc21. The molecule has 3 aromatic rings. The van der Waals surface area contributed by atoms with Gasteiger partial charge in [0, 0.05) is 38.1 Å². The van der Waals surface area contributed by atoms with Gasteiger partial charge in [0.15, 0.2) is 0 Å². The van der Waals surface area contributed by atoms with Gasteiger partial charge in [0.05, 0.1) is 18.0 Å². The summed E-state index contributed by atoms with van der Waals surface area (Å²) in [5, 5.41) is 6.60. The summed E-state index contributed by atoms with van der Waals surface area (Å²) in [4.78, 5) is 17.7. The molecule has 0 aromatic carbocycles. The van der Waals surface area contributed by atoms with Crippen LogP contribution in [0.15, 0.2) is 30.9 Å². The Morgan fingerprint density at radius 3 is 2.85 bits per heavy atom. The molecule has 2 N–H and O–H groups in total. The third-order valence-electron chi connectivity index (χ3n) is 4.82.